The Morgan fingerprint density at radius 2 is 1.80 bits per heavy atom. The van der Waals surface area contributed by atoms with Crippen LogP contribution in [0.1, 0.15) is 28.7 Å². The predicted octanol–water partition coefficient (Wildman–Crippen LogP) is 2.62. The van der Waals surface area contributed by atoms with Crippen molar-refractivity contribution in [3.05, 3.63) is 29.1 Å². The average molecular weight is 202 g/mol. The number of aryl methyl sites for hydroxylation is 3. The van der Waals surface area contributed by atoms with E-state index in [4.69, 9.17) is 0 Å². The SMILES string of the molecule is CC(=O)n1c(C)nc2cc(C)c(C)cc21. The highest BCUT2D eigenvalue weighted by Gasteiger charge is 2.11. The van der Waals surface area contributed by atoms with Crippen LogP contribution in [0.4, 0.5) is 0 Å². The normalized spacial score (nSPS) is 10.9. The van der Waals surface area contributed by atoms with Gasteiger partial charge in [0.2, 0.25) is 5.91 Å². The lowest BCUT2D eigenvalue weighted by molar-refractivity contribution is 0.0939. The fourth-order valence-corrected chi connectivity index (χ4v) is 1.85. The number of imidazole rings is 1. The van der Waals surface area contributed by atoms with Gasteiger partial charge in [-0.1, -0.05) is 0 Å². The first kappa shape index (κ1) is 9.90. The molecule has 0 fully saturated rings. The van der Waals surface area contributed by atoms with Gasteiger partial charge in [-0.25, -0.2) is 4.98 Å². The van der Waals surface area contributed by atoms with Crippen LogP contribution in [-0.4, -0.2) is 15.5 Å². The lowest BCUT2D eigenvalue weighted by atomic mass is 10.1. The van der Waals surface area contributed by atoms with E-state index < -0.39 is 0 Å². The van der Waals surface area contributed by atoms with Crippen LogP contribution in [0.25, 0.3) is 11.0 Å². The molecular weight excluding hydrogens is 188 g/mol. The maximum atomic E-state index is 11.5. The highest BCUT2D eigenvalue weighted by molar-refractivity contribution is 5.90. The molecule has 1 aromatic heterocycles. The molecular formula is C12H14N2O. The molecule has 2 aromatic rings. The summed E-state index contributed by atoms with van der Waals surface area (Å²) in [5.41, 5.74) is 4.19. The molecule has 0 bridgehead atoms. The van der Waals surface area contributed by atoms with Crippen molar-refractivity contribution in [2.45, 2.75) is 27.7 Å². The summed E-state index contributed by atoms with van der Waals surface area (Å²) >= 11 is 0. The summed E-state index contributed by atoms with van der Waals surface area (Å²) < 4.78 is 1.65. The fourth-order valence-electron chi connectivity index (χ4n) is 1.85. The van der Waals surface area contributed by atoms with Gasteiger partial charge in [0.1, 0.15) is 5.82 Å². The van der Waals surface area contributed by atoms with Crippen LogP contribution in [0.3, 0.4) is 0 Å². The number of hydrogen-bond donors (Lipinski definition) is 0. The van der Waals surface area contributed by atoms with Gasteiger partial charge < -0.3 is 0 Å². The fraction of sp³-hybridized carbons (Fsp3) is 0.333. The minimum absolute atomic E-state index is 0.0123. The summed E-state index contributed by atoms with van der Waals surface area (Å²) in [7, 11) is 0. The highest BCUT2D eigenvalue weighted by atomic mass is 16.1. The van der Waals surface area contributed by atoms with Crippen LogP contribution < -0.4 is 0 Å². The lowest BCUT2D eigenvalue weighted by Crippen LogP contribution is -2.07. The summed E-state index contributed by atoms with van der Waals surface area (Å²) in [5, 5.41) is 0. The summed E-state index contributed by atoms with van der Waals surface area (Å²) in [4.78, 5) is 15.8. The second kappa shape index (κ2) is 3.19. The number of benzene rings is 1. The zero-order valence-electron chi connectivity index (χ0n) is 9.46. The average Bonchev–Trinajstić information content (AvgIpc) is 2.41. The first-order valence-electron chi connectivity index (χ1n) is 4.98. The van der Waals surface area contributed by atoms with E-state index in [1.54, 1.807) is 11.5 Å². The topological polar surface area (TPSA) is 34.9 Å². The van der Waals surface area contributed by atoms with Gasteiger partial charge in [0.25, 0.3) is 0 Å². The Bertz CT molecular complexity index is 552. The molecule has 3 nitrogen and oxygen atoms in total. The van der Waals surface area contributed by atoms with E-state index in [2.05, 4.69) is 11.9 Å². The second-order valence-corrected chi connectivity index (χ2v) is 3.94. The van der Waals surface area contributed by atoms with Gasteiger partial charge in [0, 0.05) is 6.92 Å². The third-order valence-electron chi connectivity index (χ3n) is 2.75. The van der Waals surface area contributed by atoms with Gasteiger partial charge in [-0.3, -0.25) is 9.36 Å². The van der Waals surface area contributed by atoms with E-state index in [9.17, 15) is 4.79 Å². The molecule has 15 heavy (non-hydrogen) atoms. The first-order valence-corrected chi connectivity index (χ1v) is 4.98. The Kier molecular flexibility index (Phi) is 2.11. The zero-order chi connectivity index (χ0) is 11.2. The van der Waals surface area contributed by atoms with E-state index in [1.165, 1.54) is 11.1 Å². The van der Waals surface area contributed by atoms with Gasteiger partial charge >= 0.3 is 0 Å². The molecule has 0 radical (unpaired) electrons. The molecule has 0 N–H and O–H groups in total. The van der Waals surface area contributed by atoms with Gasteiger partial charge in [0.15, 0.2) is 0 Å². The van der Waals surface area contributed by atoms with Crippen LogP contribution in [0.5, 0.6) is 0 Å². The summed E-state index contributed by atoms with van der Waals surface area (Å²) in [6.07, 6.45) is 0. The lowest BCUT2D eigenvalue weighted by Gasteiger charge is -2.02. The van der Waals surface area contributed by atoms with Crippen LogP contribution >= 0.6 is 0 Å². The highest BCUT2D eigenvalue weighted by Crippen LogP contribution is 2.20. The van der Waals surface area contributed by atoms with Crippen LogP contribution in [0.15, 0.2) is 12.1 Å². The van der Waals surface area contributed by atoms with E-state index in [0.29, 0.717) is 0 Å². The van der Waals surface area contributed by atoms with Crippen molar-refractivity contribution in [1.82, 2.24) is 9.55 Å². The summed E-state index contributed by atoms with van der Waals surface area (Å²) in [6, 6.07) is 4.04. The Hall–Kier alpha value is -1.64. The standard InChI is InChI=1S/C12H14N2O/c1-7-5-11-12(6-8(7)2)14(10(4)15)9(3)13-11/h5-6H,1-4H3. The van der Waals surface area contributed by atoms with E-state index in [0.717, 1.165) is 16.9 Å². The van der Waals surface area contributed by atoms with Crippen molar-refractivity contribution in [3.63, 3.8) is 0 Å². The van der Waals surface area contributed by atoms with E-state index >= 15 is 0 Å². The number of carbonyl (C=O) groups is 1. The summed E-state index contributed by atoms with van der Waals surface area (Å²) in [6.45, 7) is 7.51. The Morgan fingerprint density at radius 1 is 1.20 bits per heavy atom. The third kappa shape index (κ3) is 1.44. The number of carbonyl (C=O) groups excluding carboxylic acids is 1. The third-order valence-corrected chi connectivity index (χ3v) is 2.75. The maximum absolute atomic E-state index is 11.5. The Balaban J connectivity index is 2.87. The first-order chi connectivity index (χ1) is 7.00. The molecule has 1 aromatic carbocycles. The number of fused-ring (bicyclic) bond motifs is 1. The Morgan fingerprint density at radius 3 is 2.40 bits per heavy atom. The van der Waals surface area contributed by atoms with Crippen molar-refractivity contribution in [2.75, 3.05) is 0 Å². The molecule has 0 spiro atoms. The van der Waals surface area contributed by atoms with Crippen LogP contribution in [-0.2, 0) is 0 Å². The molecule has 1 heterocycles. The van der Waals surface area contributed by atoms with E-state index in [1.807, 2.05) is 26.0 Å². The minimum atomic E-state index is 0.0123. The van der Waals surface area contributed by atoms with Crippen molar-refractivity contribution < 1.29 is 4.79 Å². The number of rotatable bonds is 0. The van der Waals surface area contributed by atoms with E-state index in [-0.39, 0.29) is 5.91 Å². The molecule has 0 aliphatic heterocycles. The van der Waals surface area contributed by atoms with Crippen molar-refractivity contribution in [3.8, 4) is 0 Å². The molecule has 0 saturated heterocycles. The quantitative estimate of drug-likeness (QED) is 0.658. The van der Waals surface area contributed by atoms with Crippen LogP contribution in [0, 0.1) is 20.8 Å². The molecule has 0 amide bonds. The predicted molar refractivity (Wildman–Crippen MR) is 60.2 cm³/mol. The molecule has 3 heteroatoms. The largest absolute Gasteiger partial charge is 0.274 e. The van der Waals surface area contributed by atoms with Crippen molar-refractivity contribution in [1.29, 1.82) is 0 Å². The molecule has 0 unspecified atom stereocenters. The van der Waals surface area contributed by atoms with Gasteiger partial charge in [0.05, 0.1) is 11.0 Å². The van der Waals surface area contributed by atoms with Crippen LogP contribution in [0.2, 0.25) is 0 Å². The number of hydrogen-bond acceptors (Lipinski definition) is 2. The number of aromatic nitrogens is 2. The molecule has 0 atom stereocenters. The zero-order valence-corrected chi connectivity index (χ0v) is 9.46. The summed E-state index contributed by atoms with van der Waals surface area (Å²) in [5.74, 6) is 0.765. The molecule has 2 rings (SSSR count). The van der Waals surface area contributed by atoms with Crippen molar-refractivity contribution in [2.24, 2.45) is 0 Å². The molecule has 0 saturated carbocycles. The Labute approximate surface area is 88.7 Å². The molecule has 78 valence electrons. The maximum Gasteiger partial charge on any atom is 0.229 e. The second-order valence-electron chi connectivity index (χ2n) is 3.94. The number of nitrogens with zero attached hydrogens (tertiary/aromatic N) is 2. The van der Waals surface area contributed by atoms with Gasteiger partial charge in [-0.2, -0.15) is 0 Å². The molecule has 0 aliphatic rings. The van der Waals surface area contributed by atoms with Crippen molar-refractivity contribution >= 4 is 16.9 Å². The van der Waals surface area contributed by atoms with Gasteiger partial charge in [-0.05, 0) is 44.0 Å². The van der Waals surface area contributed by atoms with Gasteiger partial charge in [-0.15, -0.1) is 0 Å². The molecule has 0 aliphatic carbocycles. The smallest absolute Gasteiger partial charge is 0.229 e. The minimum Gasteiger partial charge on any atom is -0.274 e. The monoisotopic (exact) mass is 202 g/mol.